The Labute approximate surface area is 209 Å². The van der Waals surface area contributed by atoms with Gasteiger partial charge in [-0.05, 0) is 43.0 Å². The number of aromatic hydroxyl groups is 1. The van der Waals surface area contributed by atoms with Crippen molar-refractivity contribution in [1.82, 2.24) is 9.88 Å². The largest absolute Gasteiger partial charge is 0.506 e. The molecule has 8 heteroatoms. The predicted octanol–water partition coefficient (Wildman–Crippen LogP) is 4.88. The highest BCUT2D eigenvalue weighted by atomic mass is 19.1. The van der Waals surface area contributed by atoms with E-state index in [4.69, 9.17) is 9.47 Å². The molecule has 0 radical (unpaired) electrons. The molecule has 0 aliphatic carbocycles. The van der Waals surface area contributed by atoms with Gasteiger partial charge in [-0.2, -0.15) is 0 Å². The Morgan fingerprint density at radius 3 is 2.44 bits per heavy atom. The van der Waals surface area contributed by atoms with Crippen LogP contribution < -0.4 is 15.0 Å². The maximum Gasteiger partial charge on any atom is 0.264 e. The van der Waals surface area contributed by atoms with Crippen molar-refractivity contribution in [2.75, 3.05) is 27.3 Å². The number of hydrogen-bond acceptors (Lipinski definition) is 5. The summed E-state index contributed by atoms with van der Waals surface area (Å²) in [5.41, 5.74) is 0.820. The molecule has 2 heterocycles. The number of unbranched alkanes of at least 4 members (excludes halogenated alkanes) is 1. The highest BCUT2D eigenvalue weighted by Crippen LogP contribution is 2.45. The minimum absolute atomic E-state index is 0.186. The Morgan fingerprint density at radius 1 is 1.11 bits per heavy atom. The Kier molecular flexibility index (Phi) is 7.62. The molecule has 1 unspecified atom stereocenters. The van der Waals surface area contributed by atoms with Crippen molar-refractivity contribution < 1.29 is 23.8 Å². The second-order valence-electron chi connectivity index (χ2n) is 8.93. The van der Waals surface area contributed by atoms with Gasteiger partial charge >= 0.3 is 0 Å². The minimum atomic E-state index is -0.657. The molecule has 1 saturated heterocycles. The Bertz CT molecular complexity index is 1300. The number of methoxy groups -OCH3 is 2. The van der Waals surface area contributed by atoms with Gasteiger partial charge < -0.3 is 24.5 Å². The number of aryl methyl sites for hydroxylation is 1. The quantitative estimate of drug-likeness (QED) is 0.466. The standard InChI is InChI=1S/C28H31FN2O5/c1-4-5-11-20-23(24-21(35-2)12-8-13-22(24)36-3)26(32)25(27(33)30-20)28(34)31-15-14-17(16-31)18-9-6-7-10-19(18)29/h6-10,12-13,17H,4-5,11,14-16H2,1-3H3,(H2,30,32,33). The summed E-state index contributed by atoms with van der Waals surface area (Å²) in [6, 6.07) is 11.7. The van der Waals surface area contributed by atoms with E-state index in [9.17, 15) is 19.1 Å². The number of ether oxygens (including phenoxy) is 2. The van der Waals surface area contributed by atoms with Crippen molar-refractivity contribution in [1.29, 1.82) is 0 Å². The zero-order valence-electron chi connectivity index (χ0n) is 20.8. The van der Waals surface area contributed by atoms with Crippen molar-refractivity contribution >= 4 is 5.91 Å². The molecule has 2 N–H and O–H groups in total. The van der Waals surface area contributed by atoms with Crippen LogP contribution in [0.3, 0.4) is 0 Å². The average molecular weight is 495 g/mol. The smallest absolute Gasteiger partial charge is 0.264 e. The number of H-pyrrole nitrogens is 1. The van der Waals surface area contributed by atoms with E-state index in [0.717, 1.165) is 12.8 Å². The van der Waals surface area contributed by atoms with E-state index in [2.05, 4.69) is 4.98 Å². The molecule has 36 heavy (non-hydrogen) atoms. The molecule has 1 fully saturated rings. The van der Waals surface area contributed by atoms with Crippen LogP contribution in [0.25, 0.3) is 11.1 Å². The van der Waals surface area contributed by atoms with Gasteiger partial charge in [-0.25, -0.2) is 4.39 Å². The van der Waals surface area contributed by atoms with Gasteiger partial charge in [0.25, 0.3) is 11.5 Å². The number of hydrogen-bond donors (Lipinski definition) is 2. The molecular weight excluding hydrogens is 463 g/mol. The van der Waals surface area contributed by atoms with Crippen LogP contribution in [0.2, 0.25) is 0 Å². The zero-order chi connectivity index (χ0) is 25.8. The maximum atomic E-state index is 14.3. The molecule has 2 aromatic carbocycles. The van der Waals surface area contributed by atoms with Crippen LogP contribution in [0, 0.1) is 5.82 Å². The van der Waals surface area contributed by atoms with Crippen LogP contribution in [0.4, 0.5) is 4.39 Å². The molecule has 190 valence electrons. The van der Waals surface area contributed by atoms with E-state index in [-0.39, 0.29) is 23.8 Å². The third-order valence-corrected chi connectivity index (χ3v) is 6.76. The summed E-state index contributed by atoms with van der Waals surface area (Å²) in [7, 11) is 3.01. The summed E-state index contributed by atoms with van der Waals surface area (Å²) < 4.78 is 25.4. The van der Waals surface area contributed by atoms with Gasteiger partial charge in [0.1, 0.15) is 28.6 Å². The van der Waals surface area contributed by atoms with Crippen LogP contribution in [0.5, 0.6) is 17.2 Å². The van der Waals surface area contributed by atoms with Crippen molar-refractivity contribution in [2.24, 2.45) is 0 Å². The lowest BCUT2D eigenvalue weighted by Gasteiger charge is -2.21. The summed E-state index contributed by atoms with van der Waals surface area (Å²) in [6.07, 6.45) is 2.69. The third-order valence-electron chi connectivity index (χ3n) is 6.76. The number of rotatable bonds is 8. The SMILES string of the molecule is CCCCc1[nH]c(=O)c(C(=O)N2CCC(c3ccccc3F)C2)c(O)c1-c1c(OC)cccc1OC. The van der Waals surface area contributed by atoms with Gasteiger partial charge in [-0.15, -0.1) is 0 Å². The molecule has 0 saturated carbocycles. The number of likely N-dealkylation sites (tertiary alicyclic amines) is 1. The van der Waals surface area contributed by atoms with Crippen molar-refractivity contribution in [3.05, 3.63) is 75.5 Å². The number of halogens is 1. The number of aromatic nitrogens is 1. The highest BCUT2D eigenvalue weighted by Gasteiger charge is 2.34. The number of carbonyl (C=O) groups excluding carboxylic acids is 1. The van der Waals surface area contributed by atoms with E-state index in [1.54, 1.807) is 36.4 Å². The second kappa shape index (κ2) is 10.8. The summed E-state index contributed by atoms with van der Waals surface area (Å²) in [5, 5.41) is 11.5. The Morgan fingerprint density at radius 2 is 1.81 bits per heavy atom. The molecule has 1 aromatic heterocycles. The lowest BCUT2D eigenvalue weighted by atomic mass is 9.95. The molecule has 0 spiro atoms. The number of nitrogens with one attached hydrogen (secondary N) is 1. The van der Waals surface area contributed by atoms with Crippen LogP contribution in [-0.4, -0.2) is 48.2 Å². The first-order chi connectivity index (χ1) is 17.4. The number of amides is 1. The predicted molar refractivity (Wildman–Crippen MR) is 136 cm³/mol. The summed E-state index contributed by atoms with van der Waals surface area (Å²) >= 11 is 0. The molecule has 1 aliphatic rings. The molecular formula is C28H31FN2O5. The summed E-state index contributed by atoms with van der Waals surface area (Å²) in [6.45, 7) is 2.63. The van der Waals surface area contributed by atoms with Gasteiger partial charge in [-0.3, -0.25) is 9.59 Å². The summed E-state index contributed by atoms with van der Waals surface area (Å²) in [5.74, 6) is -0.628. The van der Waals surface area contributed by atoms with E-state index in [0.29, 0.717) is 53.3 Å². The maximum absolute atomic E-state index is 14.3. The molecule has 3 aromatic rings. The van der Waals surface area contributed by atoms with E-state index in [1.807, 2.05) is 6.92 Å². The van der Waals surface area contributed by atoms with Gasteiger partial charge in [0.15, 0.2) is 0 Å². The molecule has 1 atom stereocenters. The lowest BCUT2D eigenvalue weighted by molar-refractivity contribution is 0.0785. The Hall–Kier alpha value is -3.81. The van der Waals surface area contributed by atoms with E-state index < -0.39 is 17.2 Å². The van der Waals surface area contributed by atoms with Crippen molar-refractivity contribution in [2.45, 2.75) is 38.5 Å². The fourth-order valence-electron chi connectivity index (χ4n) is 4.91. The van der Waals surface area contributed by atoms with Crippen LogP contribution in [0.1, 0.15) is 53.7 Å². The van der Waals surface area contributed by atoms with Gasteiger partial charge in [0, 0.05) is 24.7 Å². The number of carbonyl (C=O) groups is 1. The normalized spacial score (nSPS) is 15.2. The van der Waals surface area contributed by atoms with Crippen molar-refractivity contribution in [3.8, 4) is 28.4 Å². The topological polar surface area (TPSA) is 91.9 Å². The van der Waals surface area contributed by atoms with Gasteiger partial charge in [0.05, 0.1) is 25.3 Å². The number of benzene rings is 2. The van der Waals surface area contributed by atoms with Gasteiger partial charge in [0.2, 0.25) is 0 Å². The third kappa shape index (κ3) is 4.67. The first-order valence-corrected chi connectivity index (χ1v) is 12.1. The van der Waals surface area contributed by atoms with E-state index in [1.165, 1.54) is 25.2 Å². The molecule has 7 nitrogen and oxygen atoms in total. The number of pyridine rings is 1. The molecule has 1 aliphatic heterocycles. The van der Waals surface area contributed by atoms with Crippen LogP contribution in [0.15, 0.2) is 47.3 Å². The van der Waals surface area contributed by atoms with Gasteiger partial charge in [-0.1, -0.05) is 37.6 Å². The molecule has 4 rings (SSSR count). The molecule has 1 amide bonds. The summed E-state index contributed by atoms with van der Waals surface area (Å²) in [4.78, 5) is 31.0. The molecule has 0 bridgehead atoms. The fourth-order valence-corrected chi connectivity index (χ4v) is 4.91. The Balaban J connectivity index is 1.80. The number of aromatic amines is 1. The highest BCUT2D eigenvalue weighted by molar-refractivity contribution is 6.00. The van der Waals surface area contributed by atoms with E-state index >= 15 is 0 Å². The first-order valence-electron chi connectivity index (χ1n) is 12.1. The van der Waals surface area contributed by atoms with Crippen LogP contribution in [-0.2, 0) is 6.42 Å². The van der Waals surface area contributed by atoms with Crippen LogP contribution >= 0.6 is 0 Å². The monoisotopic (exact) mass is 494 g/mol. The lowest BCUT2D eigenvalue weighted by Crippen LogP contribution is -2.33. The van der Waals surface area contributed by atoms with Crippen molar-refractivity contribution in [3.63, 3.8) is 0 Å². The minimum Gasteiger partial charge on any atom is -0.506 e. The number of nitrogens with zero attached hydrogens (tertiary/aromatic N) is 1. The average Bonchev–Trinajstić information content (AvgIpc) is 3.37. The first kappa shape index (κ1) is 25.3. The second-order valence-corrected chi connectivity index (χ2v) is 8.93. The zero-order valence-corrected chi connectivity index (χ0v) is 20.8. The fraction of sp³-hybridized carbons (Fsp3) is 0.357.